The molecule has 0 aliphatic heterocycles. The van der Waals surface area contributed by atoms with Crippen LogP contribution in [0.3, 0.4) is 0 Å². The van der Waals surface area contributed by atoms with Crippen LogP contribution in [0.4, 0.5) is 11.4 Å². The Hall–Kier alpha value is -4.13. The SMILES string of the molecule is Cc1ccc(-c2cnc(CCC(=O)Nc3ccc(NC(=O)c4ccco4)cc3)o2)cc1C. The van der Waals surface area contributed by atoms with E-state index in [0.29, 0.717) is 29.4 Å². The van der Waals surface area contributed by atoms with Crippen molar-refractivity contribution in [2.75, 3.05) is 10.6 Å². The average Bonchev–Trinajstić information content (AvgIpc) is 3.48. The number of benzene rings is 2. The average molecular weight is 429 g/mol. The predicted molar refractivity (Wildman–Crippen MR) is 121 cm³/mol. The van der Waals surface area contributed by atoms with E-state index in [9.17, 15) is 9.59 Å². The number of rotatable bonds is 7. The monoisotopic (exact) mass is 429 g/mol. The first kappa shape index (κ1) is 21.1. The maximum absolute atomic E-state index is 12.3. The molecule has 0 aliphatic carbocycles. The molecule has 0 saturated heterocycles. The van der Waals surface area contributed by atoms with Gasteiger partial charge < -0.3 is 19.5 Å². The highest BCUT2D eigenvalue weighted by Crippen LogP contribution is 2.23. The highest BCUT2D eigenvalue weighted by Gasteiger charge is 2.11. The van der Waals surface area contributed by atoms with E-state index in [-0.39, 0.29) is 24.0 Å². The summed E-state index contributed by atoms with van der Waals surface area (Å²) in [4.78, 5) is 28.6. The van der Waals surface area contributed by atoms with Gasteiger partial charge in [0.05, 0.1) is 12.5 Å². The second-order valence-electron chi connectivity index (χ2n) is 7.47. The molecule has 2 aromatic carbocycles. The van der Waals surface area contributed by atoms with Crippen molar-refractivity contribution < 1.29 is 18.4 Å². The van der Waals surface area contributed by atoms with Gasteiger partial charge in [0.1, 0.15) is 0 Å². The van der Waals surface area contributed by atoms with Crippen LogP contribution < -0.4 is 10.6 Å². The summed E-state index contributed by atoms with van der Waals surface area (Å²) in [6, 6.07) is 16.2. The van der Waals surface area contributed by atoms with Gasteiger partial charge in [0, 0.05) is 29.8 Å². The normalized spacial score (nSPS) is 10.7. The van der Waals surface area contributed by atoms with Gasteiger partial charge in [0.2, 0.25) is 5.91 Å². The van der Waals surface area contributed by atoms with Gasteiger partial charge in [-0.1, -0.05) is 12.1 Å². The molecule has 32 heavy (non-hydrogen) atoms. The lowest BCUT2D eigenvalue weighted by Gasteiger charge is -2.07. The second kappa shape index (κ2) is 9.34. The van der Waals surface area contributed by atoms with Crippen LogP contribution >= 0.6 is 0 Å². The fraction of sp³-hybridized carbons (Fsp3) is 0.160. The lowest BCUT2D eigenvalue weighted by molar-refractivity contribution is -0.116. The molecule has 4 aromatic rings. The third kappa shape index (κ3) is 5.13. The number of carbonyl (C=O) groups is 2. The summed E-state index contributed by atoms with van der Waals surface area (Å²) < 4.78 is 10.9. The van der Waals surface area contributed by atoms with Crippen molar-refractivity contribution >= 4 is 23.2 Å². The van der Waals surface area contributed by atoms with Gasteiger partial charge in [-0.05, 0) is 67.4 Å². The number of nitrogens with zero attached hydrogens (tertiary/aromatic N) is 1. The van der Waals surface area contributed by atoms with Crippen LogP contribution in [-0.4, -0.2) is 16.8 Å². The maximum atomic E-state index is 12.3. The quantitative estimate of drug-likeness (QED) is 0.411. The minimum absolute atomic E-state index is 0.150. The summed E-state index contributed by atoms with van der Waals surface area (Å²) in [7, 11) is 0. The number of furan rings is 1. The Bertz CT molecular complexity index is 1220. The van der Waals surface area contributed by atoms with Crippen LogP contribution in [0.25, 0.3) is 11.3 Å². The Morgan fingerprint density at radius 2 is 1.69 bits per heavy atom. The topological polar surface area (TPSA) is 97.4 Å². The first-order valence-electron chi connectivity index (χ1n) is 10.2. The second-order valence-corrected chi connectivity index (χ2v) is 7.47. The van der Waals surface area contributed by atoms with Crippen LogP contribution in [0.1, 0.15) is 34.0 Å². The zero-order chi connectivity index (χ0) is 22.5. The summed E-state index contributed by atoms with van der Waals surface area (Å²) in [6.07, 6.45) is 3.76. The van der Waals surface area contributed by atoms with Gasteiger partial charge in [-0.3, -0.25) is 9.59 Å². The van der Waals surface area contributed by atoms with Crippen LogP contribution in [-0.2, 0) is 11.2 Å². The van der Waals surface area contributed by atoms with Crippen LogP contribution in [0.15, 0.2) is 75.9 Å². The van der Waals surface area contributed by atoms with Crippen molar-refractivity contribution in [1.82, 2.24) is 4.98 Å². The number of oxazole rings is 1. The first-order valence-corrected chi connectivity index (χ1v) is 10.2. The van der Waals surface area contributed by atoms with Crippen LogP contribution in [0, 0.1) is 13.8 Å². The van der Waals surface area contributed by atoms with Gasteiger partial charge >= 0.3 is 0 Å². The summed E-state index contributed by atoms with van der Waals surface area (Å²) in [5.74, 6) is 0.954. The number of hydrogen-bond acceptors (Lipinski definition) is 5. The van der Waals surface area contributed by atoms with E-state index in [2.05, 4.69) is 35.5 Å². The molecule has 0 saturated carbocycles. The molecule has 0 unspecified atom stereocenters. The molecule has 0 atom stereocenters. The van der Waals surface area contributed by atoms with Gasteiger partial charge in [-0.2, -0.15) is 0 Å². The molecule has 162 valence electrons. The first-order chi connectivity index (χ1) is 15.5. The number of aryl methyl sites for hydroxylation is 3. The predicted octanol–water partition coefficient (Wildman–Crippen LogP) is 5.38. The standard InChI is InChI=1S/C25H23N3O4/c1-16-5-6-18(14-17(16)2)22-15-26-24(32-22)12-11-23(29)27-19-7-9-20(10-8-19)28-25(30)21-4-3-13-31-21/h3-10,13-15H,11-12H2,1-2H3,(H,27,29)(H,28,30). The fourth-order valence-corrected chi connectivity index (χ4v) is 3.14. The van der Waals surface area contributed by atoms with Crippen molar-refractivity contribution in [3.63, 3.8) is 0 Å². The Labute approximate surface area is 185 Å². The highest BCUT2D eigenvalue weighted by molar-refractivity contribution is 6.02. The van der Waals surface area contributed by atoms with Crippen LogP contribution in [0.2, 0.25) is 0 Å². The molecule has 0 spiro atoms. The highest BCUT2D eigenvalue weighted by atomic mass is 16.4. The molecule has 7 heteroatoms. The van der Waals surface area contributed by atoms with Gasteiger partial charge in [0.15, 0.2) is 17.4 Å². The summed E-state index contributed by atoms with van der Waals surface area (Å²) >= 11 is 0. The Morgan fingerprint density at radius 1 is 0.938 bits per heavy atom. The number of aromatic nitrogens is 1. The molecule has 7 nitrogen and oxygen atoms in total. The van der Waals surface area contributed by atoms with Crippen molar-refractivity contribution in [3.8, 4) is 11.3 Å². The molecular weight excluding hydrogens is 406 g/mol. The van der Waals surface area contributed by atoms with Crippen molar-refractivity contribution in [2.24, 2.45) is 0 Å². The Balaban J connectivity index is 1.28. The molecule has 2 amide bonds. The smallest absolute Gasteiger partial charge is 0.291 e. The van der Waals surface area contributed by atoms with E-state index in [4.69, 9.17) is 8.83 Å². The lowest BCUT2D eigenvalue weighted by atomic mass is 10.1. The van der Waals surface area contributed by atoms with Crippen molar-refractivity contribution in [3.05, 3.63) is 89.8 Å². The minimum Gasteiger partial charge on any atom is -0.459 e. The molecule has 0 bridgehead atoms. The summed E-state index contributed by atoms with van der Waals surface area (Å²) in [5.41, 5.74) is 4.61. The lowest BCUT2D eigenvalue weighted by Crippen LogP contribution is -2.13. The Kier molecular flexibility index (Phi) is 6.17. The van der Waals surface area contributed by atoms with E-state index >= 15 is 0 Å². The largest absolute Gasteiger partial charge is 0.459 e. The molecular formula is C25H23N3O4. The molecule has 0 aliphatic rings. The molecule has 2 N–H and O–H groups in total. The van der Waals surface area contributed by atoms with E-state index < -0.39 is 0 Å². The summed E-state index contributed by atoms with van der Waals surface area (Å²) in [5, 5.41) is 5.56. The molecule has 4 rings (SSSR count). The Morgan fingerprint density at radius 3 is 2.38 bits per heavy atom. The van der Waals surface area contributed by atoms with Gasteiger partial charge in [-0.25, -0.2) is 4.98 Å². The fourth-order valence-electron chi connectivity index (χ4n) is 3.14. The minimum atomic E-state index is -0.335. The number of amides is 2. The van der Waals surface area contributed by atoms with Crippen LogP contribution in [0.5, 0.6) is 0 Å². The van der Waals surface area contributed by atoms with Gasteiger partial charge in [0.25, 0.3) is 5.91 Å². The molecule has 2 heterocycles. The number of hydrogen-bond donors (Lipinski definition) is 2. The van der Waals surface area contributed by atoms with E-state index in [0.717, 1.165) is 5.56 Å². The van der Waals surface area contributed by atoms with Crippen molar-refractivity contribution in [1.29, 1.82) is 0 Å². The number of nitrogens with one attached hydrogen (secondary N) is 2. The zero-order valence-corrected chi connectivity index (χ0v) is 17.8. The van der Waals surface area contributed by atoms with E-state index in [1.807, 2.05) is 12.1 Å². The molecule has 2 aromatic heterocycles. The van der Waals surface area contributed by atoms with E-state index in [1.165, 1.54) is 17.4 Å². The zero-order valence-electron chi connectivity index (χ0n) is 17.8. The third-order valence-corrected chi connectivity index (χ3v) is 5.08. The summed E-state index contributed by atoms with van der Waals surface area (Å²) in [6.45, 7) is 4.12. The number of carbonyl (C=O) groups excluding carboxylic acids is 2. The van der Waals surface area contributed by atoms with Crippen molar-refractivity contribution in [2.45, 2.75) is 26.7 Å². The van der Waals surface area contributed by atoms with Gasteiger partial charge in [-0.15, -0.1) is 0 Å². The third-order valence-electron chi connectivity index (χ3n) is 5.08. The van der Waals surface area contributed by atoms with E-state index in [1.54, 1.807) is 42.6 Å². The number of anilines is 2. The molecule has 0 fully saturated rings. The maximum Gasteiger partial charge on any atom is 0.291 e. The molecule has 0 radical (unpaired) electrons.